The summed E-state index contributed by atoms with van der Waals surface area (Å²) in [5.74, 6) is 0.182. The maximum absolute atomic E-state index is 12.9. The number of ether oxygens (including phenoxy) is 2. The fourth-order valence-electron chi connectivity index (χ4n) is 2.68. The lowest BCUT2D eigenvalue weighted by Crippen LogP contribution is -2.25. The molecular weight excluding hydrogens is 264 g/mol. The van der Waals surface area contributed by atoms with Crippen LogP contribution in [-0.4, -0.2) is 30.8 Å². The zero-order valence-electron chi connectivity index (χ0n) is 11.4. The van der Waals surface area contributed by atoms with Crippen LogP contribution in [0.1, 0.15) is 25.3 Å². The van der Waals surface area contributed by atoms with Crippen molar-refractivity contribution in [3.05, 3.63) is 29.3 Å². The Kier molecular flexibility index (Phi) is 3.38. The summed E-state index contributed by atoms with van der Waals surface area (Å²) in [5, 5.41) is 0. The third kappa shape index (κ3) is 2.93. The van der Waals surface area contributed by atoms with Crippen molar-refractivity contribution in [2.75, 3.05) is 19.6 Å². The molecule has 0 N–H and O–H groups in total. The minimum atomic E-state index is -3.55. The first-order chi connectivity index (χ1) is 9.52. The highest BCUT2D eigenvalue weighted by Crippen LogP contribution is 2.41. The highest BCUT2D eigenvalue weighted by Gasteiger charge is 2.43. The van der Waals surface area contributed by atoms with Crippen LogP contribution in [0.3, 0.4) is 0 Å². The lowest BCUT2D eigenvalue weighted by Gasteiger charge is -2.14. The van der Waals surface area contributed by atoms with Crippen molar-refractivity contribution in [1.29, 1.82) is 0 Å². The Hall–Kier alpha value is -1.62. The molecule has 0 unspecified atom stereocenters. The average molecular weight is 281 g/mol. The molecule has 0 amide bonds. The summed E-state index contributed by atoms with van der Waals surface area (Å²) in [6, 6.07) is 4.87. The Morgan fingerprint density at radius 2 is 1.95 bits per heavy atom. The molecule has 0 aromatic heterocycles. The van der Waals surface area contributed by atoms with E-state index in [1.165, 1.54) is 24.5 Å². The van der Waals surface area contributed by atoms with Gasteiger partial charge in [-0.2, -0.15) is 0 Å². The van der Waals surface area contributed by atoms with E-state index < -0.39 is 6.29 Å². The third-order valence-electron chi connectivity index (χ3n) is 3.51. The van der Waals surface area contributed by atoms with E-state index in [9.17, 15) is 8.78 Å². The lowest BCUT2D eigenvalue weighted by atomic mass is 10.1. The Bertz CT molecular complexity index is 537. The summed E-state index contributed by atoms with van der Waals surface area (Å²) < 4.78 is 34.7. The highest BCUT2D eigenvalue weighted by atomic mass is 19.3. The van der Waals surface area contributed by atoms with Crippen molar-refractivity contribution in [2.45, 2.75) is 26.1 Å². The van der Waals surface area contributed by atoms with Gasteiger partial charge in [-0.25, -0.2) is 0 Å². The zero-order chi connectivity index (χ0) is 14.2. The summed E-state index contributed by atoms with van der Waals surface area (Å²) in [6.45, 7) is 5.25. The van der Waals surface area contributed by atoms with E-state index in [0.29, 0.717) is 0 Å². The molecule has 1 fully saturated rings. The average Bonchev–Trinajstić information content (AvgIpc) is 2.94. The van der Waals surface area contributed by atoms with Crippen LogP contribution in [0.2, 0.25) is 0 Å². The molecule has 5 heteroatoms. The number of alkyl halides is 2. The van der Waals surface area contributed by atoms with Gasteiger partial charge in [0.15, 0.2) is 11.5 Å². The lowest BCUT2D eigenvalue weighted by molar-refractivity contribution is -0.286. The second kappa shape index (κ2) is 5.05. The molecule has 1 saturated heterocycles. The molecule has 20 heavy (non-hydrogen) atoms. The monoisotopic (exact) mass is 281 g/mol. The largest absolute Gasteiger partial charge is 0.586 e. The van der Waals surface area contributed by atoms with Crippen LogP contribution in [0.25, 0.3) is 6.08 Å². The maximum atomic E-state index is 12.9. The summed E-state index contributed by atoms with van der Waals surface area (Å²) in [7, 11) is 0. The molecular formula is C15H17F2NO2. The summed E-state index contributed by atoms with van der Waals surface area (Å²) in [5.41, 5.74) is 2.05. The Morgan fingerprint density at radius 1 is 1.25 bits per heavy atom. The molecule has 1 aromatic carbocycles. The molecule has 2 aliphatic heterocycles. The van der Waals surface area contributed by atoms with Crippen LogP contribution in [0, 0.1) is 0 Å². The predicted molar refractivity (Wildman–Crippen MR) is 72.0 cm³/mol. The first-order valence-electron chi connectivity index (χ1n) is 6.81. The predicted octanol–water partition coefficient (Wildman–Crippen LogP) is 3.51. The Morgan fingerprint density at radius 3 is 2.70 bits per heavy atom. The highest BCUT2D eigenvalue weighted by molar-refractivity contribution is 5.58. The first-order valence-corrected chi connectivity index (χ1v) is 6.81. The van der Waals surface area contributed by atoms with Gasteiger partial charge in [0.1, 0.15) is 0 Å². The Balaban J connectivity index is 1.72. The van der Waals surface area contributed by atoms with Crippen LogP contribution in [0.15, 0.2) is 23.8 Å². The zero-order valence-corrected chi connectivity index (χ0v) is 11.4. The van der Waals surface area contributed by atoms with E-state index in [2.05, 4.69) is 21.3 Å². The van der Waals surface area contributed by atoms with Gasteiger partial charge in [-0.3, -0.25) is 4.90 Å². The molecule has 0 spiro atoms. The summed E-state index contributed by atoms with van der Waals surface area (Å²) in [4.78, 5) is 2.40. The molecule has 108 valence electrons. The van der Waals surface area contributed by atoms with Gasteiger partial charge in [0.25, 0.3) is 0 Å². The normalized spacial score (nSPS) is 21.4. The van der Waals surface area contributed by atoms with Crippen molar-refractivity contribution in [1.82, 2.24) is 4.90 Å². The topological polar surface area (TPSA) is 21.7 Å². The minimum absolute atomic E-state index is 0.0874. The third-order valence-corrected chi connectivity index (χ3v) is 3.51. The van der Waals surface area contributed by atoms with Crippen LogP contribution < -0.4 is 9.47 Å². The van der Waals surface area contributed by atoms with E-state index in [1.807, 2.05) is 6.08 Å². The maximum Gasteiger partial charge on any atom is 0.586 e. The summed E-state index contributed by atoms with van der Waals surface area (Å²) >= 11 is 0. The molecule has 2 heterocycles. The molecule has 3 rings (SSSR count). The van der Waals surface area contributed by atoms with Crippen LogP contribution in [-0.2, 0) is 0 Å². The summed E-state index contributed by atoms with van der Waals surface area (Å²) in [6.07, 6.45) is 0.965. The quantitative estimate of drug-likeness (QED) is 0.846. The van der Waals surface area contributed by atoms with Crippen molar-refractivity contribution in [3.63, 3.8) is 0 Å². The number of likely N-dealkylation sites (tertiary alicyclic amines) is 1. The van der Waals surface area contributed by atoms with Gasteiger partial charge >= 0.3 is 6.29 Å². The molecule has 0 radical (unpaired) electrons. The van der Waals surface area contributed by atoms with E-state index in [4.69, 9.17) is 0 Å². The number of fused-ring (bicyclic) bond motifs is 1. The number of hydrogen-bond donors (Lipinski definition) is 0. The van der Waals surface area contributed by atoms with Crippen molar-refractivity contribution >= 4 is 6.08 Å². The molecule has 0 saturated carbocycles. The van der Waals surface area contributed by atoms with Crippen LogP contribution >= 0.6 is 0 Å². The second-order valence-corrected chi connectivity index (χ2v) is 5.35. The standard InChI is InChI=1S/C15H17F2NO2/c1-11(10-18-6-2-3-7-18)8-12-4-5-13-14(9-12)20-15(16,17)19-13/h4-5,8-9H,2-3,6-7,10H2,1H3/b11-8+. The van der Waals surface area contributed by atoms with Gasteiger partial charge in [0, 0.05) is 6.54 Å². The molecule has 3 nitrogen and oxygen atoms in total. The van der Waals surface area contributed by atoms with Gasteiger partial charge in [-0.05, 0) is 50.6 Å². The van der Waals surface area contributed by atoms with Gasteiger partial charge in [-0.1, -0.05) is 17.7 Å². The molecule has 1 aromatic rings. The number of benzene rings is 1. The first kappa shape index (κ1) is 13.4. The number of nitrogens with zero attached hydrogens (tertiary/aromatic N) is 1. The van der Waals surface area contributed by atoms with Crippen molar-refractivity contribution < 1.29 is 18.3 Å². The number of hydrogen-bond acceptors (Lipinski definition) is 3. The fraction of sp³-hybridized carbons (Fsp3) is 0.467. The Labute approximate surface area is 116 Å². The van der Waals surface area contributed by atoms with E-state index in [-0.39, 0.29) is 11.5 Å². The van der Waals surface area contributed by atoms with Gasteiger partial charge in [0.2, 0.25) is 0 Å². The smallest absolute Gasteiger partial charge is 0.395 e. The van der Waals surface area contributed by atoms with Crippen molar-refractivity contribution in [2.24, 2.45) is 0 Å². The van der Waals surface area contributed by atoms with Gasteiger partial charge in [-0.15, -0.1) is 8.78 Å². The molecule has 2 aliphatic rings. The minimum Gasteiger partial charge on any atom is -0.395 e. The van der Waals surface area contributed by atoms with E-state index in [0.717, 1.165) is 25.2 Å². The van der Waals surface area contributed by atoms with E-state index in [1.54, 1.807) is 12.1 Å². The molecule has 0 bridgehead atoms. The van der Waals surface area contributed by atoms with Gasteiger partial charge < -0.3 is 9.47 Å². The number of rotatable bonds is 3. The van der Waals surface area contributed by atoms with Crippen LogP contribution in [0.4, 0.5) is 8.78 Å². The van der Waals surface area contributed by atoms with E-state index >= 15 is 0 Å². The fourth-order valence-corrected chi connectivity index (χ4v) is 2.68. The van der Waals surface area contributed by atoms with Gasteiger partial charge in [0.05, 0.1) is 0 Å². The van der Waals surface area contributed by atoms with Crippen molar-refractivity contribution in [3.8, 4) is 11.5 Å². The second-order valence-electron chi connectivity index (χ2n) is 5.35. The molecule has 0 aliphatic carbocycles. The SMILES string of the molecule is C/C(=C\c1ccc2c(c1)OC(F)(F)O2)CN1CCCC1. The van der Waals surface area contributed by atoms with Crippen LogP contribution in [0.5, 0.6) is 11.5 Å². The number of halogens is 2. The molecule has 0 atom stereocenters.